The van der Waals surface area contributed by atoms with Crippen molar-refractivity contribution in [3.8, 4) is 0 Å². The van der Waals surface area contributed by atoms with Gasteiger partial charge in [0.05, 0.1) is 10.9 Å². The van der Waals surface area contributed by atoms with Crippen LogP contribution in [0.3, 0.4) is 0 Å². The van der Waals surface area contributed by atoms with Crippen LogP contribution in [0.25, 0.3) is 0 Å². The first-order valence-corrected chi connectivity index (χ1v) is 8.88. The number of carbonyl (C=O) groups excluding carboxylic acids is 1. The van der Waals surface area contributed by atoms with Crippen molar-refractivity contribution in [2.45, 2.75) is 37.1 Å². The quantitative estimate of drug-likeness (QED) is 0.558. The van der Waals surface area contributed by atoms with Gasteiger partial charge in [-0.1, -0.05) is 17.7 Å². The average Bonchev–Trinajstić information content (AvgIpc) is 2.65. The lowest BCUT2D eigenvalue weighted by Gasteiger charge is -2.40. The third-order valence-electron chi connectivity index (χ3n) is 4.71. The van der Waals surface area contributed by atoms with E-state index < -0.39 is 47.3 Å². The zero-order valence-electron chi connectivity index (χ0n) is 14.8. The van der Waals surface area contributed by atoms with E-state index in [2.05, 4.69) is 9.98 Å². The van der Waals surface area contributed by atoms with Crippen LogP contribution in [-0.2, 0) is 12.0 Å². The number of benzene rings is 1. The van der Waals surface area contributed by atoms with Gasteiger partial charge in [-0.3, -0.25) is 9.78 Å². The number of ketones is 1. The van der Waals surface area contributed by atoms with Gasteiger partial charge in [0.2, 0.25) is 5.54 Å². The normalized spacial score (nSPS) is 21.1. The summed E-state index contributed by atoms with van der Waals surface area (Å²) in [6.45, 7) is 0. The smallest absolute Gasteiger partial charge is 0.283 e. The maximum atomic E-state index is 14.6. The molecule has 0 bridgehead atoms. The van der Waals surface area contributed by atoms with E-state index in [-0.39, 0.29) is 24.1 Å². The second kappa shape index (κ2) is 7.70. The van der Waals surface area contributed by atoms with Crippen molar-refractivity contribution in [1.82, 2.24) is 4.98 Å². The Labute approximate surface area is 167 Å². The van der Waals surface area contributed by atoms with Gasteiger partial charge in [0.15, 0.2) is 5.78 Å². The van der Waals surface area contributed by atoms with Gasteiger partial charge in [-0.25, -0.2) is 26.9 Å². The Balaban J connectivity index is 2.05. The van der Waals surface area contributed by atoms with Crippen LogP contribution in [0.2, 0.25) is 5.02 Å². The Kier molecular flexibility index (Phi) is 5.62. The third kappa shape index (κ3) is 3.83. The molecule has 0 unspecified atom stereocenters. The van der Waals surface area contributed by atoms with Crippen LogP contribution in [0.15, 0.2) is 41.5 Å². The average molecular weight is 432 g/mol. The van der Waals surface area contributed by atoms with Gasteiger partial charge in [-0.2, -0.15) is 0 Å². The van der Waals surface area contributed by atoms with Gasteiger partial charge in [0, 0.05) is 31.0 Å². The zero-order valence-corrected chi connectivity index (χ0v) is 15.6. The number of aromatic nitrogens is 1. The summed E-state index contributed by atoms with van der Waals surface area (Å²) >= 11 is 5.70. The molecule has 2 heterocycles. The molecule has 0 fully saturated rings. The van der Waals surface area contributed by atoms with Crippen molar-refractivity contribution in [3.63, 3.8) is 0 Å². The maximum absolute atomic E-state index is 14.6. The summed E-state index contributed by atoms with van der Waals surface area (Å²) in [5.41, 5.74) is 1.08. The predicted molar refractivity (Wildman–Crippen MR) is 97.2 cm³/mol. The monoisotopic (exact) mass is 431 g/mol. The molecule has 10 heteroatoms. The number of rotatable bonds is 5. The first-order valence-electron chi connectivity index (χ1n) is 8.50. The number of halogens is 6. The molecular formula is C19H15ClF5N3O. The Hall–Kier alpha value is -2.55. The van der Waals surface area contributed by atoms with E-state index in [0.29, 0.717) is 5.02 Å². The molecule has 0 saturated heterocycles. The number of carbonyl (C=O) groups is 1. The molecule has 1 aliphatic rings. The molecule has 0 saturated carbocycles. The Morgan fingerprint density at radius 3 is 2.59 bits per heavy atom. The number of hydrogen-bond acceptors (Lipinski definition) is 4. The van der Waals surface area contributed by atoms with Gasteiger partial charge in [-0.15, -0.1) is 0 Å². The fourth-order valence-corrected chi connectivity index (χ4v) is 3.33. The topological polar surface area (TPSA) is 68.3 Å². The summed E-state index contributed by atoms with van der Waals surface area (Å²) in [6, 6.07) is 5.51. The van der Waals surface area contributed by atoms with E-state index in [1.807, 2.05) is 0 Å². The number of alkyl halides is 4. The highest BCUT2D eigenvalue weighted by atomic mass is 35.5. The summed E-state index contributed by atoms with van der Waals surface area (Å²) in [6.07, 6.45) is -4.23. The Morgan fingerprint density at radius 2 is 1.97 bits per heavy atom. The van der Waals surface area contributed by atoms with Crippen molar-refractivity contribution in [2.75, 3.05) is 0 Å². The molecule has 0 aliphatic carbocycles. The first-order chi connectivity index (χ1) is 13.6. The molecule has 0 radical (unpaired) electrons. The summed E-state index contributed by atoms with van der Waals surface area (Å²) in [4.78, 5) is 19.5. The maximum Gasteiger partial charge on any atom is 0.283 e. The molecule has 29 heavy (non-hydrogen) atoms. The van der Waals surface area contributed by atoms with Gasteiger partial charge >= 0.3 is 0 Å². The Bertz CT molecular complexity index is 965. The molecule has 2 aromatic rings. The number of nitrogens with two attached hydrogens (primary N) is 1. The van der Waals surface area contributed by atoms with Crippen LogP contribution in [0, 0.1) is 5.82 Å². The minimum atomic E-state index is -4.04. The first kappa shape index (κ1) is 21.2. The number of hydrogen-bond donors (Lipinski definition) is 1. The molecular weight excluding hydrogens is 417 g/mol. The lowest BCUT2D eigenvalue weighted by molar-refractivity contribution is -0.145. The van der Waals surface area contributed by atoms with E-state index in [1.54, 1.807) is 0 Å². The Morgan fingerprint density at radius 1 is 1.24 bits per heavy atom. The summed E-state index contributed by atoms with van der Waals surface area (Å²) in [5.74, 6) is -6.26. The summed E-state index contributed by atoms with van der Waals surface area (Å²) < 4.78 is 71.5. The molecule has 0 amide bonds. The van der Waals surface area contributed by atoms with E-state index in [0.717, 1.165) is 18.2 Å². The highest BCUT2D eigenvalue weighted by Gasteiger charge is 2.63. The largest absolute Gasteiger partial charge is 0.387 e. The fraction of sp³-hybridized carbons (Fsp3) is 0.316. The van der Waals surface area contributed by atoms with Crippen LogP contribution in [0.5, 0.6) is 0 Å². The van der Waals surface area contributed by atoms with Crippen LogP contribution < -0.4 is 5.73 Å². The van der Waals surface area contributed by atoms with Crippen molar-refractivity contribution in [3.05, 3.63) is 64.2 Å². The molecule has 0 spiro atoms. The molecule has 1 atom stereocenters. The van der Waals surface area contributed by atoms with Crippen molar-refractivity contribution >= 4 is 23.2 Å². The highest BCUT2D eigenvalue weighted by Crippen LogP contribution is 2.51. The molecule has 1 aliphatic heterocycles. The predicted octanol–water partition coefficient (Wildman–Crippen LogP) is 4.55. The van der Waals surface area contributed by atoms with E-state index in [1.165, 1.54) is 18.3 Å². The standard InChI is InChI=1S/C19H15ClF5N3O/c20-11-2-4-14(27-9-11)15(29)8-10-1-3-13(21)12(7-10)19(17(22)23)18(24,25)6-5-16(26)28-19/h1-4,7,9,17H,5-6,8H2,(H2,26,28)/t19-/m0/s1. The lowest BCUT2D eigenvalue weighted by atomic mass is 9.79. The minimum Gasteiger partial charge on any atom is -0.387 e. The van der Waals surface area contributed by atoms with Crippen molar-refractivity contribution in [2.24, 2.45) is 10.7 Å². The van der Waals surface area contributed by atoms with Gasteiger partial charge in [0.25, 0.3) is 12.3 Å². The minimum absolute atomic E-state index is 0.0362. The van der Waals surface area contributed by atoms with Crippen molar-refractivity contribution in [1.29, 1.82) is 0 Å². The van der Waals surface area contributed by atoms with Crippen molar-refractivity contribution < 1.29 is 26.7 Å². The second-order valence-electron chi connectivity index (χ2n) is 6.65. The van der Waals surface area contributed by atoms with E-state index >= 15 is 0 Å². The van der Waals surface area contributed by atoms with Crippen LogP contribution in [0.4, 0.5) is 22.0 Å². The number of aliphatic imine (C=N–C) groups is 1. The molecule has 3 rings (SSSR count). The van der Waals surface area contributed by atoms with Gasteiger partial charge < -0.3 is 5.73 Å². The SMILES string of the molecule is NC1=N[C@@](c2cc(CC(=O)c3ccc(Cl)cn3)ccc2F)(C(F)F)C(F)(F)CC1. The van der Waals surface area contributed by atoms with Crippen LogP contribution in [-0.4, -0.2) is 29.0 Å². The summed E-state index contributed by atoms with van der Waals surface area (Å²) in [7, 11) is 0. The summed E-state index contributed by atoms with van der Waals surface area (Å²) in [5, 5.41) is 0.305. The molecule has 2 N–H and O–H groups in total. The molecule has 1 aromatic heterocycles. The second-order valence-corrected chi connectivity index (χ2v) is 7.09. The number of nitrogens with zero attached hydrogens (tertiary/aromatic N) is 2. The van der Waals surface area contributed by atoms with Gasteiger partial charge in [-0.05, 0) is 29.8 Å². The fourth-order valence-electron chi connectivity index (χ4n) is 3.21. The number of pyridine rings is 1. The highest BCUT2D eigenvalue weighted by molar-refractivity contribution is 6.30. The lowest BCUT2D eigenvalue weighted by Crippen LogP contribution is -2.54. The van der Waals surface area contributed by atoms with E-state index in [9.17, 15) is 26.7 Å². The molecule has 1 aromatic carbocycles. The zero-order chi connectivity index (χ0) is 21.4. The number of amidine groups is 1. The molecule has 154 valence electrons. The van der Waals surface area contributed by atoms with Gasteiger partial charge in [0.1, 0.15) is 11.5 Å². The van der Waals surface area contributed by atoms with E-state index in [4.69, 9.17) is 17.3 Å². The van der Waals surface area contributed by atoms with Crippen LogP contribution in [0.1, 0.15) is 34.5 Å². The molecule has 4 nitrogen and oxygen atoms in total. The van der Waals surface area contributed by atoms with Crippen LogP contribution >= 0.6 is 11.6 Å². The number of Topliss-reactive ketones (excluding diaryl/α,β-unsaturated/α-hetero) is 1. The third-order valence-corrected chi connectivity index (χ3v) is 4.93.